The lowest BCUT2D eigenvalue weighted by Gasteiger charge is -2.35. The van der Waals surface area contributed by atoms with E-state index in [2.05, 4.69) is 4.98 Å². The van der Waals surface area contributed by atoms with Crippen molar-refractivity contribution in [2.24, 2.45) is 0 Å². The molecule has 0 amide bonds. The molecule has 1 unspecified atom stereocenters. The molecule has 12 heteroatoms. The van der Waals surface area contributed by atoms with Crippen LogP contribution < -0.4 is 13.8 Å². The molecule has 2 aromatic carbocycles. The number of hydrogen-bond acceptors (Lipinski definition) is 7. The second-order valence-electron chi connectivity index (χ2n) is 8.48. The molecule has 0 saturated carbocycles. The molecule has 2 heterocycles. The van der Waals surface area contributed by atoms with Gasteiger partial charge in [-0.05, 0) is 55.3 Å². The SMILES string of the molecule is CCOc1ncc(Cl)cc1S(=O)(=O)N1CC(CCC(=O)OC)Oc2ccc(C=Cc3c(F)cccc3Cl)cc21. The van der Waals surface area contributed by atoms with E-state index >= 15 is 0 Å². The van der Waals surface area contributed by atoms with Crippen molar-refractivity contribution < 1.29 is 31.8 Å². The summed E-state index contributed by atoms with van der Waals surface area (Å²) in [4.78, 5) is 15.6. The average Bonchev–Trinajstić information content (AvgIpc) is 2.92. The summed E-state index contributed by atoms with van der Waals surface area (Å²) in [6.07, 6.45) is 4.04. The van der Waals surface area contributed by atoms with Gasteiger partial charge in [-0.15, -0.1) is 0 Å². The fourth-order valence-electron chi connectivity index (χ4n) is 4.00. The summed E-state index contributed by atoms with van der Waals surface area (Å²) >= 11 is 12.2. The van der Waals surface area contributed by atoms with Crippen LogP contribution in [0.5, 0.6) is 11.6 Å². The van der Waals surface area contributed by atoms with E-state index in [4.69, 9.17) is 37.4 Å². The number of sulfonamides is 1. The zero-order chi connectivity index (χ0) is 28.2. The van der Waals surface area contributed by atoms with E-state index in [9.17, 15) is 17.6 Å². The van der Waals surface area contributed by atoms with Gasteiger partial charge < -0.3 is 14.2 Å². The van der Waals surface area contributed by atoms with Crippen LogP contribution in [-0.4, -0.2) is 45.7 Å². The number of benzene rings is 2. The number of fused-ring (bicyclic) bond motifs is 1. The Kier molecular flexibility index (Phi) is 8.99. The first-order valence-corrected chi connectivity index (χ1v) is 14.1. The Balaban J connectivity index is 1.78. The lowest BCUT2D eigenvalue weighted by Crippen LogP contribution is -2.44. The molecular formula is C27H25Cl2FN2O6S. The zero-order valence-electron chi connectivity index (χ0n) is 21.1. The summed E-state index contributed by atoms with van der Waals surface area (Å²) in [6.45, 7) is 1.79. The van der Waals surface area contributed by atoms with E-state index in [-0.39, 0.29) is 63.8 Å². The fraction of sp³-hybridized carbons (Fsp3) is 0.259. The maximum absolute atomic E-state index is 14.3. The van der Waals surface area contributed by atoms with E-state index in [0.717, 1.165) is 0 Å². The molecule has 0 spiro atoms. The van der Waals surface area contributed by atoms with Gasteiger partial charge >= 0.3 is 5.97 Å². The second-order valence-corrected chi connectivity index (χ2v) is 11.2. The molecule has 1 aliphatic heterocycles. The third-order valence-corrected chi connectivity index (χ3v) is 8.20. The number of ether oxygens (including phenoxy) is 3. The highest BCUT2D eigenvalue weighted by molar-refractivity contribution is 7.93. The molecule has 39 heavy (non-hydrogen) atoms. The number of carbonyl (C=O) groups is 1. The van der Waals surface area contributed by atoms with Crippen LogP contribution in [0.15, 0.2) is 53.6 Å². The number of hydrogen-bond donors (Lipinski definition) is 0. The van der Waals surface area contributed by atoms with Crippen LogP contribution in [0.4, 0.5) is 10.1 Å². The summed E-state index contributed by atoms with van der Waals surface area (Å²) in [5, 5.41) is 0.355. The van der Waals surface area contributed by atoms with Gasteiger partial charge in [-0.25, -0.2) is 17.8 Å². The third kappa shape index (κ3) is 6.46. The molecule has 0 radical (unpaired) electrons. The zero-order valence-corrected chi connectivity index (χ0v) is 23.4. The second kappa shape index (κ2) is 12.2. The highest BCUT2D eigenvalue weighted by atomic mass is 35.5. The van der Waals surface area contributed by atoms with Crippen LogP contribution in [0.25, 0.3) is 12.2 Å². The first-order valence-electron chi connectivity index (χ1n) is 11.9. The number of halogens is 3. The van der Waals surface area contributed by atoms with E-state index in [1.54, 1.807) is 37.3 Å². The number of aromatic nitrogens is 1. The lowest BCUT2D eigenvalue weighted by molar-refractivity contribution is -0.141. The Morgan fingerprint density at radius 1 is 1.23 bits per heavy atom. The Hall–Kier alpha value is -3.34. The summed E-state index contributed by atoms with van der Waals surface area (Å²) in [5.41, 5.74) is 1.01. The highest BCUT2D eigenvalue weighted by Gasteiger charge is 2.37. The molecule has 206 valence electrons. The number of esters is 1. The highest BCUT2D eigenvalue weighted by Crippen LogP contribution is 2.40. The molecular weight excluding hydrogens is 570 g/mol. The van der Waals surface area contributed by atoms with Gasteiger partial charge in [0, 0.05) is 18.2 Å². The first kappa shape index (κ1) is 28.7. The molecule has 8 nitrogen and oxygen atoms in total. The standard InChI is InChI=1S/C27H25Cl2FN2O6S/c1-3-37-27-25(14-18(28)15-31-27)39(34,35)32-16-19(9-12-26(33)36-2)38-24-11-8-17(13-23(24)32)7-10-20-21(29)5-4-6-22(20)30/h4-8,10-11,13-15,19H,3,9,12,16H2,1-2H3. The van der Waals surface area contributed by atoms with E-state index in [0.29, 0.717) is 5.56 Å². The van der Waals surface area contributed by atoms with Crippen LogP contribution >= 0.6 is 23.2 Å². The Morgan fingerprint density at radius 3 is 2.74 bits per heavy atom. The van der Waals surface area contributed by atoms with Crippen molar-refractivity contribution in [3.8, 4) is 11.6 Å². The van der Waals surface area contributed by atoms with Crippen molar-refractivity contribution in [2.75, 3.05) is 24.6 Å². The molecule has 1 aliphatic rings. The lowest BCUT2D eigenvalue weighted by atomic mass is 10.1. The summed E-state index contributed by atoms with van der Waals surface area (Å²) in [7, 11) is -2.99. The van der Waals surface area contributed by atoms with Crippen molar-refractivity contribution >= 4 is 57.0 Å². The summed E-state index contributed by atoms with van der Waals surface area (Å²) in [5.74, 6) is -0.738. The van der Waals surface area contributed by atoms with E-state index in [1.807, 2.05) is 0 Å². The van der Waals surface area contributed by atoms with Crippen LogP contribution in [0.1, 0.15) is 30.9 Å². The monoisotopic (exact) mass is 594 g/mol. The van der Waals surface area contributed by atoms with Crippen LogP contribution in [0.2, 0.25) is 10.0 Å². The van der Waals surface area contributed by atoms with Gasteiger partial charge in [0.1, 0.15) is 17.7 Å². The molecule has 0 bridgehead atoms. The topological polar surface area (TPSA) is 95.0 Å². The average molecular weight is 595 g/mol. The van der Waals surface area contributed by atoms with Crippen molar-refractivity contribution in [3.05, 3.63) is 75.7 Å². The van der Waals surface area contributed by atoms with Crippen LogP contribution in [-0.2, 0) is 19.6 Å². The van der Waals surface area contributed by atoms with Gasteiger partial charge in [-0.2, -0.15) is 0 Å². The molecule has 0 aliphatic carbocycles. The van der Waals surface area contributed by atoms with Crippen molar-refractivity contribution in [2.45, 2.75) is 30.8 Å². The minimum absolute atomic E-state index is 0.0392. The van der Waals surface area contributed by atoms with Gasteiger partial charge in [0.25, 0.3) is 10.0 Å². The number of nitrogens with zero attached hydrogens (tertiary/aromatic N) is 2. The molecule has 1 aromatic heterocycles. The molecule has 4 rings (SSSR count). The molecule has 0 saturated heterocycles. The Bertz CT molecular complexity index is 1500. The number of carbonyl (C=O) groups excluding carboxylic acids is 1. The molecule has 3 aromatic rings. The normalized spacial score (nSPS) is 15.1. The van der Waals surface area contributed by atoms with Crippen molar-refractivity contribution in [1.82, 2.24) is 4.98 Å². The molecule has 1 atom stereocenters. The largest absolute Gasteiger partial charge is 0.486 e. The predicted octanol–water partition coefficient (Wildman–Crippen LogP) is 6.01. The summed E-state index contributed by atoms with van der Waals surface area (Å²) < 4.78 is 59.8. The number of anilines is 1. The third-order valence-electron chi connectivity index (χ3n) is 5.89. The molecule has 0 fully saturated rings. The quantitative estimate of drug-likeness (QED) is 0.221. The van der Waals surface area contributed by atoms with Crippen LogP contribution in [0.3, 0.4) is 0 Å². The fourth-order valence-corrected chi connectivity index (χ4v) is 6.06. The summed E-state index contributed by atoms with van der Waals surface area (Å²) in [6, 6.07) is 10.6. The van der Waals surface area contributed by atoms with Gasteiger partial charge in [0.15, 0.2) is 4.90 Å². The van der Waals surface area contributed by atoms with Crippen LogP contribution in [0, 0.1) is 5.82 Å². The van der Waals surface area contributed by atoms with Crippen molar-refractivity contribution in [3.63, 3.8) is 0 Å². The van der Waals surface area contributed by atoms with Gasteiger partial charge in [0.05, 0.1) is 36.0 Å². The molecule has 0 N–H and O–H groups in total. The Morgan fingerprint density at radius 2 is 2.03 bits per heavy atom. The van der Waals surface area contributed by atoms with E-state index < -0.39 is 27.9 Å². The number of methoxy groups -OCH3 is 1. The van der Waals surface area contributed by atoms with Crippen molar-refractivity contribution in [1.29, 1.82) is 0 Å². The maximum atomic E-state index is 14.3. The smallest absolute Gasteiger partial charge is 0.305 e. The minimum atomic E-state index is -4.27. The van der Waals surface area contributed by atoms with Gasteiger partial charge in [0.2, 0.25) is 5.88 Å². The predicted molar refractivity (Wildman–Crippen MR) is 147 cm³/mol. The van der Waals surface area contributed by atoms with Gasteiger partial charge in [-0.3, -0.25) is 9.10 Å². The number of pyridine rings is 1. The maximum Gasteiger partial charge on any atom is 0.305 e. The van der Waals surface area contributed by atoms with E-state index in [1.165, 1.54) is 41.9 Å². The Labute approximate surface area is 236 Å². The minimum Gasteiger partial charge on any atom is -0.486 e. The first-order chi connectivity index (χ1) is 18.6. The number of rotatable bonds is 9. The van der Waals surface area contributed by atoms with Gasteiger partial charge in [-0.1, -0.05) is 41.4 Å².